The lowest BCUT2D eigenvalue weighted by molar-refractivity contribution is -0.137. The van der Waals surface area contributed by atoms with Gasteiger partial charge in [-0.25, -0.2) is 19.6 Å². The van der Waals surface area contributed by atoms with Gasteiger partial charge in [-0.1, -0.05) is 63.6 Å². The Kier molecular flexibility index (Phi) is 13.2. The number of carbonyl (C=O) groups excluding carboxylic acids is 4. The van der Waals surface area contributed by atoms with Gasteiger partial charge >= 0.3 is 12.2 Å². The van der Waals surface area contributed by atoms with E-state index in [9.17, 15) is 19.2 Å². The molecule has 4 amide bonds. The predicted molar refractivity (Wildman–Crippen MR) is 262 cm³/mol. The Bertz CT molecular complexity index is 2880. The number of H-pyrrole nitrogens is 2. The van der Waals surface area contributed by atoms with Crippen LogP contribution in [0.1, 0.15) is 89.4 Å². The largest absolute Gasteiger partial charge is 0.453 e. The Labute approximate surface area is 401 Å². The Balaban J connectivity index is 0.914. The van der Waals surface area contributed by atoms with Gasteiger partial charge in [0.15, 0.2) is 0 Å². The second-order valence-electron chi connectivity index (χ2n) is 20.3. The molecule has 0 unspecified atom stereocenters. The summed E-state index contributed by atoms with van der Waals surface area (Å²) >= 11 is 0. The van der Waals surface area contributed by atoms with Gasteiger partial charge in [-0.05, 0) is 108 Å². The molecule has 1 saturated carbocycles. The van der Waals surface area contributed by atoms with E-state index in [1.54, 1.807) is 0 Å². The standard InChI is InChI=1S/C53H64N8O8/c1-29(2)44(58-52(64)66-4)50(62)60-25-30(3)21-42(60)48-54-40-15-11-36-23-34(9-13-38(36)46(40)56-48)35-10-14-39-37(24-35)12-16-41-47(39)57-49(55-41)43-22-32(28-69-27-31-7-6-8-31)26-61(43)51(63)45(59-53(65)67-5)33-17-19-68-20-18-33/h9-16,23-24,29-33,42-45H,6-8,17-22,25-28H2,1-5H3,(H,54,56)(H,55,57)(H,58,64)(H,59,65)/t30-,32-,42-,43-,44-,45-/m0/s1. The molecule has 5 heterocycles. The van der Waals surface area contributed by atoms with E-state index in [2.05, 4.69) is 88.2 Å². The van der Waals surface area contributed by atoms with Crippen LogP contribution in [0.25, 0.3) is 54.7 Å². The summed E-state index contributed by atoms with van der Waals surface area (Å²) in [6, 6.07) is 19.2. The summed E-state index contributed by atoms with van der Waals surface area (Å²) in [4.78, 5) is 74.7. The van der Waals surface area contributed by atoms with Crippen molar-refractivity contribution in [1.82, 2.24) is 40.4 Å². The second-order valence-corrected chi connectivity index (χ2v) is 20.3. The van der Waals surface area contributed by atoms with Crippen LogP contribution in [0.5, 0.6) is 0 Å². The fourth-order valence-corrected chi connectivity index (χ4v) is 11.1. The molecule has 16 nitrogen and oxygen atoms in total. The third-order valence-electron chi connectivity index (χ3n) is 15.2. The summed E-state index contributed by atoms with van der Waals surface area (Å²) in [5.41, 5.74) is 5.59. The van der Waals surface area contributed by atoms with Crippen molar-refractivity contribution in [3.63, 3.8) is 0 Å². The third-order valence-corrected chi connectivity index (χ3v) is 15.2. The number of benzene rings is 4. The number of imidazole rings is 2. The van der Waals surface area contributed by atoms with Gasteiger partial charge in [-0.2, -0.15) is 0 Å². The van der Waals surface area contributed by atoms with E-state index < -0.39 is 24.3 Å². The highest BCUT2D eigenvalue weighted by atomic mass is 16.5. The van der Waals surface area contributed by atoms with Crippen molar-refractivity contribution in [2.45, 2.75) is 89.9 Å². The maximum atomic E-state index is 14.7. The number of alkyl carbamates (subject to hydrolysis) is 2. The molecule has 69 heavy (non-hydrogen) atoms. The molecule has 0 bridgehead atoms. The average molecular weight is 941 g/mol. The first-order chi connectivity index (χ1) is 33.5. The summed E-state index contributed by atoms with van der Waals surface area (Å²) in [5, 5.41) is 9.73. The molecule has 6 atom stereocenters. The number of rotatable bonds is 13. The number of hydrogen-bond donors (Lipinski definition) is 4. The number of fused-ring (bicyclic) bond motifs is 6. The molecule has 4 aliphatic rings. The lowest BCUT2D eigenvalue weighted by Gasteiger charge is -2.34. The number of methoxy groups -OCH3 is 2. The Hall–Kier alpha value is -6.26. The number of ether oxygens (including phenoxy) is 4. The first kappa shape index (κ1) is 46.5. The zero-order chi connectivity index (χ0) is 47.9. The third kappa shape index (κ3) is 9.32. The number of amides is 4. The van der Waals surface area contributed by atoms with Crippen molar-refractivity contribution in [3.8, 4) is 11.1 Å². The van der Waals surface area contributed by atoms with Crippen molar-refractivity contribution in [3.05, 3.63) is 72.3 Å². The van der Waals surface area contributed by atoms with Crippen molar-refractivity contribution in [1.29, 1.82) is 0 Å². The maximum absolute atomic E-state index is 14.7. The average Bonchev–Trinajstić information content (AvgIpc) is 4.17. The molecule has 4 fully saturated rings. The van der Waals surface area contributed by atoms with E-state index in [1.165, 1.54) is 33.5 Å². The van der Waals surface area contributed by atoms with Gasteiger partial charge in [-0.15, -0.1) is 0 Å². The zero-order valence-corrected chi connectivity index (χ0v) is 40.2. The minimum absolute atomic E-state index is 0.0750. The van der Waals surface area contributed by atoms with Crippen LogP contribution in [0.2, 0.25) is 0 Å². The number of nitrogens with zero attached hydrogens (tertiary/aromatic N) is 4. The summed E-state index contributed by atoms with van der Waals surface area (Å²) in [6.45, 7) is 9.43. The molecule has 0 radical (unpaired) electrons. The molecule has 3 saturated heterocycles. The van der Waals surface area contributed by atoms with E-state index in [4.69, 9.17) is 28.9 Å². The maximum Gasteiger partial charge on any atom is 0.407 e. The van der Waals surface area contributed by atoms with Crippen molar-refractivity contribution >= 4 is 67.6 Å². The van der Waals surface area contributed by atoms with Crippen molar-refractivity contribution < 1.29 is 38.1 Å². The molecule has 3 aliphatic heterocycles. The molecule has 4 aromatic carbocycles. The number of nitrogens with one attached hydrogen (secondary N) is 4. The van der Waals surface area contributed by atoms with Crippen LogP contribution in [0, 0.1) is 29.6 Å². The van der Waals surface area contributed by atoms with E-state index >= 15 is 0 Å². The van der Waals surface area contributed by atoms with E-state index in [0.29, 0.717) is 58.1 Å². The van der Waals surface area contributed by atoms with E-state index in [-0.39, 0.29) is 47.6 Å². The quantitative estimate of drug-likeness (QED) is 0.0872. The Morgan fingerprint density at radius 1 is 0.710 bits per heavy atom. The van der Waals surface area contributed by atoms with E-state index in [1.807, 2.05) is 23.6 Å². The molecule has 10 rings (SSSR count). The second kappa shape index (κ2) is 19.6. The van der Waals surface area contributed by atoms with Crippen LogP contribution in [0.3, 0.4) is 0 Å². The van der Waals surface area contributed by atoms with E-state index in [0.717, 1.165) is 79.4 Å². The normalized spacial score (nSPS) is 22.1. The summed E-state index contributed by atoms with van der Waals surface area (Å²) in [6.07, 6.45) is 5.22. The Morgan fingerprint density at radius 3 is 1.84 bits per heavy atom. The molecular weight excluding hydrogens is 877 g/mol. The number of hydrogen-bond acceptors (Lipinski definition) is 10. The van der Waals surface area contributed by atoms with Crippen LogP contribution in [-0.4, -0.2) is 120 Å². The first-order valence-electron chi connectivity index (χ1n) is 24.8. The van der Waals surface area contributed by atoms with Crippen LogP contribution in [-0.2, 0) is 28.5 Å². The van der Waals surface area contributed by atoms with Gasteiger partial charge in [0, 0.05) is 49.6 Å². The molecule has 2 aromatic heterocycles. The molecular formula is C53H64N8O8. The lowest BCUT2D eigenvalue weighted by Crippen LogP contribution is -2.53. The monoisotopic (exact) mass is 940 g/mol. The Morgan fingerprint density at radius 2 is 1.28 bits per heavy atom. The summed E-state index contributed by atoms with van der Waals surface area (Å²) in [5.74, 6) is 1.97. The van der Waals surface area contributed by atoms with Gasteiger partial charge in [0.2, 0.25) is 11.8 Å². The minimum Gasteiger partial charge on any atom is -0.453 e. The number of aromatic nitrogens is 4. The smallest absolute Gasteiger partial charge is 0.407 e. The predicted octanol–water partition coefficient (Wildman–Crippen LogP) is 8.56. The van der Waals surface area contributed by atoms with Gasteiger partial charge in [0.05, 0.1) is 55.0 Å². The SMILES string of the molecule is COC(=O)N[C@H](C(=O)N1C[C@@H](C)C[C@H]1c1nc2c(ccc3cc(-c4ccc5c(ccc6[nH]c([C@@H]7C[C@H](COCC8CCC8)CN7C(=O)[C@@H](NC(=O)OC)C7CCOCC7)nc65)c4)ccc32)[nH]1)C(C)C. The van der Waals surface area contributed by atoms with Crippen LogP contribution >= 0.6 is 0 Å². The van der Waals surface area contributed by atoms with Crippen molar-refractivity contribution in [2.75, 3.05) is 53.7 Å². The van der Waals surface area contributed by atoms with Gasteiger partial charge in [-0.3, -0.25) is 9.59 Å². The highest BCUT2D eigenvalue weighted by Crippen LogP contribution is 2.40. The van der Waals surface area contributed by atoms with Crippen molar-refractivity contribution in [2.24, 2.45) is 29.6 Å². The van der Waals surface area contributed by atoms with Crippen LogP contribution in [0.15, 0.2) is 60.7 Å². The molecule has 4 N–H and O–H groups in total. The van der Waals surface area contributed by atoms with Crippen LogP contribution in [0.4, 0.5) is 9.59 Å². The molecule has 16 heteroatoms. The fourth-order valence-electron chi connectivity index (χ4n) is 11.1. The number of likely N-dealkylation sites (tertiary alicyclic amines) is 2. The number of aromatic amines is 2. The highest BCUT2D eigenvalue weighted by molar-refractivity contribution is 6.07. The fraction of sp³-hybridized carbons (Fsp3) is 0.509. The minimum atomic E-state index is -0.744. The number of carbonyl (C=O) groups is 4. The molecule has 6 aromatic rings. The van der Waals surface area contributed by atoms with Gasteiger partial charge < -0.3 is 49.3 Å². The zero-order valence-electron chi connectivity index (χ0n) is 40.2. The van der Waals surface area contributed by atoms with Crippen LogP contribution < -0.4 is 10.6 Å². The lowest BCUT2D eigenvalue weighted by atomic mass is 9.86. The topological polar surface area (TPSA) is 193 Å². The molecule has 1 aliphatic carbocycles. The van der Waals surface area contributed by atoms with Gasteiger partial charge in [0.25, 0.3) is 0 Å². The summed E-state index contributed by atoms with van der Waals surface area (Å²) in [7, 11) is 2.62. The molecule has 364 valence electrons. The summed E-state index contributed by atoms with van der Waals surface area (Å²) < 4.78 is 21.7. The first-order valence-corrected chi connectivity index (χ1v) is 24.8. The highest BCUT2D eigenvalue weighted by Gasteiger charge is 2.44. The molecule has 0 spiro atoms. The van der Waals surface area contributed by atoms with Gasteiger partial charge in [0.1, 0.15) is 23.7 Å².